The van der Waals surface area contributed by atoms with E-state index in [1.165, 1.54) is 11.3 Å². The Kier molecular flexibility index (Phi) is 4.90. The fourth-order valence-electron chi connectivity index (χ4n) is 4.22. The van der Waals surface area contributed by atoms with Gasteiger partial charge in [-0.25, -0.2) is 0 Å². The summed E-state index contributed by atoms with van der Waals surface area (Å²) >= 11 is 1.53. The lowest BCUT2D eigenvalue weighted by Gasteiger charge is -2.49. The van der Waals surface area contributed by atoms with E-state index < -0.39 is 0 Å². The summed E-state index contributed by atoms with van der Waals surface area (Å²) in [6, 6.07) is 4.53. The molecule has 3 fully saturated rings. The number of hydrogen-bond acceptors (Lipinski definition) is 5. The molecule has 1 amide bonds. The van der Waals surface area contributed by atoms with Crippen molar-refractivity contribution in [3.05, 3.63) is 22.4 Å². The second-order valence-electron chi connectivity index (χ2n) is 7.11. The molecule has 5 nitrogen and oxygen atoms in total. The molecule has 6 heteroatoms. The maximum Gasteiger partial charge on any atom is 0.264 e. The number of amides is 1. The van der Waals surface area contributed by atoms with Crippen molar-refractivity contribution < 1.29 is 14.3 Å². The monoisotopic (exact) mass is 350 g/mol. The topological polar surface area (TPSA) is 42.0 Å². The molecule has 1 aromatic rings. The van der Waals surface area contributed by atoms with E-state index in [-0.39, 0.29) is 11.5 Å². The van der Waals surface area contributed by atoms with Crippen LogP contribution in [0.4, 0.5) is 0 Å². The predicted molar refractivity (Wildman–Crippen MR) is 93.6 cm³/mol. The van der Waals surface area contributed by atoms with E-state index in [1.807, 2.05) is 22.4 Å². The van der Waals surface area contributed by atoms with Crippen molar-refractivity contribution in [3.63, 3.8) is 0 Å². The van der Waals surface area contributed by atoms with Gasteiger partial charge in [0.2, 0.25) is 0 Å². The molecule has 0 saturated carbocycles. The van der Waals surface area contributed by atoms with E-state index in [1.54, 1.807) is 0 Å². The van der Waals surface area contributed by atoms with E-state index in [9.17, 15) is 4.79 Å². The fraction of sp³-hybridized carbons (Fsp3) is 0.722. The van der Waals surface area contributed by atoms with Gasteiger partial charge in [0, 0.05) is 38.9 Å². The number of thiophene rings is 1. The van der Waals surface area contributed by atoms with Crippen molar-refractivity contribution in [2.75, 3.05) is 46.0 Å². The highest BCUT2D eigenvalue weighted by atomic mass is 32.1. The Morgan fingerprint density at radius 1 is 1.17 bits per heavy atom. The molecule has 1 aromatic heterocycles. The Morgan fingerprint density at radius 2 is 1.96 bits per heavy atom. The molecular weight excluding hydrogens is 324 g/mol. The Labute approximate surface area is 147 Å². The molecule has 3 aliphatic rings. The first-order valence-corrected chi connectivity index (χ1v) is 9.92. The summed E-state index contributed by atoms with van der Waals surface area (Å²) in [5.74, 6) is 0.166. The van der Waals surface area contributed by atoms with E-state index in [4.69, 9.17) is 9.47 Å². The molecule has 3 saturated heterocycles. The molecule has 4 heterocycles. The number of morpholine rings is 1. The molecule has 0 aromatic carbocycles. The van der Waals surface area contributed by atoms with E-state index in [0.717, 1.165) is 63.4 Å². The second kappa shape index (κ2) is 7.12. The van der Waals surface area contributed by atoms with Gasteiger partial charge in [-0.15, -0.1) is 11.3 Å². The minimum atomic E-state index is -0.132. The lowest BCUT2D eigenvalue weighted by atomic mass is 9.88. The largest absolute Gasteiger partial charge is 0.381 e. The van der Waals surface area contributed by atoms with Crippen molar-refractivity contribution in [2.45, 2.75) is 37.3 Å². The van der Waals surface area contributed by atoms with Gasteiger partial charge in [-0.2, -0.15) is 0 Å². The zero-order chi connectivity index (χ0) is 16.4. The third kappa shape index (κ3) is 3.38. The Hall–Kier alpha value is -0.950. The van der Waals surface area contributed by atoms with Crippen LogP contribution in [0.15, 0.2) is 17.5 Å². The first-order chi connectivity index (χ1) is 11.8. The Balaban J connectivity index is 1.36. The van der Waals surface area contributed by atoms with Gasteiger partial charge in [0.1, 0.15) is 0 Å². The summed E-state index contributed by atoms with van der Waals surface area (Å²) in [4.78, 5) is 18.1. The lowest BCUT2D eigenvalue weighted by molar-refractivity contribution is -0.133. The third-order valence-electron chi connectivity index (χ3n) is 5.68. The summed E-state index contributed by atoms with van der Waals surface area (Å²) < 4.78 is 11.7. The van der Waals surface area contributed by atoms with Crippen molar-refractivity contribution in [2.24, 2.45) is 0 Å². The third-order valence-corrected chi connectivity index (χ3v) is 6.54. The maximum absolute atomic E-state index is 12.7. The molecule has 0 aliphatic carbocycles. The highest BCUT2D eigenvalue weighted by molar-refractivity contribution is 7.12. The summed E-state index contributed by atoms with van der Waals surface area (Å²) in [5, 5.41) is 1.97. The van der Waals surface area contributed by atoms with E-state index >= 15 is 0 Å². The zero-order valence-corrected chi connectivity index (χ0v) is 14.9. The van der Waals surface area contributed by atoms with Crippen molar-refractivity contribution in [1.29, 1.82) is 0 Å². The van der Waals surface area contributed by atoms with Crippen LogP contribution < -0.4 is 0 Å². The number of likely N-dealkylation sites (tertiary alicyclic amines) is 1. The number of carbonyl (C=O) groups excluding carboxylic acids is 1. The van der Waals surface area contributed by atoms with Crippen LogP contribution in [0.5, 0.6) is 0 Å². The molecule has 1 spiro atoms. The molecule has 0 radical (unpaired) electrons. The molecule has 0 bridgehead atoms. The number of rotatable bonds is 2. The van der Waals surface area contributed by atoms with Crippen LogP contribution in [-0.2, 0) is 9.47 Å². The van der Waals surface area contributed by atoms with Gasteiger partial charge in [0.25, 0.3) is 5.91 Å². The number of hydrogen-bond donors (Lipinski definition) is 0. The molecule has 4 rings (SSSR count). The number of piperidine rings is 1. The average molecular weight is 350 g/mol. The van der Waals surface area contributed by atoms with Crippen LogP contribution >= 0.6 is 11.3 Å². The normalized spacial score (nSPS) is 25.9. The van der Waals surface area contributed by atoms with E-state index in [0.29, 0.717) is 19.2 Å². The molecule has 24 heavy (non-hydrogen) atoms. The maximum atomic E-state index is 12.7. The van der Waals surface area contributed by atoms with Crippen LogP contribution in [0.25, 0.3) is 0 Å². The van der Waals surface area contributed by atoms with Gasteiger partial charge < -0.3 is 14.4 Å². The summed E-state index contributed by atoms with van der Waals surface area (Å²) in [7, 11) is 0. The minimum Gasteiger partial charge on any atom is -0.381 e. The molecule has 0 N–H and O–H groups in total. The summed E-state index contributed by atoms with van der Waals surface area (Å²) in [5.41, 5.74) is -0.132. The van der Waals surface area contributed by atoms with Crippen molar-refractivity contribution in [3.8, 4) is 0 Å². The van der Waals surface area contributed by atoms with Crippen LogP contribution in [0.2, 0.25) is 0 Å². The molecule has 0 atom stereocenters. The van der Waals surface area contributed by atoms with E-state index in [2.05, 4.69) is 4.90 Å². The number of nitrogens with zero attached hydrogens (tertiary/aromatic N) is 2. The van der Waals surface area contributed by atoms with Crippen LogP contribution in [0.1, 0.15) is 35.4 Å². The van der Waals surface area contributed by atoms with Crippen LogP contribution in [-0.4, -0.2) is 73.3 Å². The molecule has 132 valence electrons. The van der Waals surface area contributed by atoms with Gasteiger partial charge in [0.05, 0.1) is 23.6 Å². The molecular formula is C18H26N2O3S. The average Bonchev–Trinajstić information content (AvgIpc) is 3.17. The van der Waals surface area contributed by atoms with Gasteiger partial charge in [-0.3, -0.25) is 9.69 Å². The summed E-state index contributed by atoms with van der Waals surface area (Å²) in [6.45, 7) is 6.05. The van der Waals surface area contributed by atoms with Gasteiger partial charge in [-0.1, -0.05) is 6.07 Å². The second-order valence-corrected chi connectivity index (χ2v) is 8.06. The lowest BCUT2D eigenvalue weighted by Crippen LogP contribution is -2.59. The van der Waals surface area contributed by atoms with Crippen molar-refractivity contribution in [1.82, 2.24) is 9.80 Å². The van der Waals surface area contributed by atoms with Crippen molar-refractivity contribution >= 4 is 17.2 Å². The molecule has 3 aliphatic heterocycles. The number of ether oxygens (including phenoxy) is 2. The van der Waals surface area contributed by atoms with Gasteiger partial charge in [-0.05, 0) is 37.1 Å². The quantitative estimate of drug-likeness (QED) is 0.820. The molecule has 0 unspecified atom stereocenters. The highest BCUT2D eigenvalue weighted by Gasteiger charge is 2.42. The summed E-state index contributed by atoms with van der Waals surface area (Å²) in [6.07, 6.45) is 4.35. The Bertz CT molecular complexity index is 549. The van der Waals surface area contributed by atoms with Gasteiger partial charge >= 0.3 is 0 Å². The Morgan fingerprint density at radius 3 is 2.67 bits per heavy atom. The van der Waals surface area contributed by atoms with Crippen LogP contribution in [0, 0.1) is 0 Å². The first-order valence-electron chi connectivity index (χ1n) is 9.04. The smallest absolute Gasteiger partial charge is 0.264 e. The fourth-order valence-corrected chi connectivity index (χ4v) is 4.91. The minimum absolute atomic E-state index is 0.132. The first kappa shape index (κ1) is 16.5. The SMILES string of the molecule is O=C(c1cccs1)N1CCOC2(CCN(C3CCOCC3)CC2)C1. The standard InChI is InChI=1S/C18H26N2O3S/c21-17(16-2-1-13-24-16)20-9-12-23-18(14-20)5-7-19(8-6-18)15-3-10-22-11-4-15/h1-2,13,15H,3-12,14H2. The van der Waals surface area contributed by atoms with Crippen LogP contribution in [0.3, 0.4) is 0 Å². The highest BCUT2D eigenvalue weighted by Crippen LogP contribution is 2.32. The zero-order valence-electron chi connectivity index (χ0n) is 14.1. The van der Waals surface area contributed by atoms with Gasteiger partial charge in [0.15, 0.2) is 0 Å². The predicted octanol–water partition coefficient (Wildman–Crippen LogP) is 2.23. The number of carbonyl (C=O) groups is 1.